The van der Waals surface area contributed by atoms with Crippen LogP contribution in [0, 0.1) is 0 Å². The molecular formula is C14H19N5O. The van der Waals surface area contributed by atoms with Crippen LogP contribution in [0.25, 0.3) is 0 Å². The van der Waals surface area contributed by atoms with Gasteiger partial charge in [-0.05, 0) is 24.6 Å². The van der Waals surface area contributed by atoms with E-state index in [9.17, 15) is 4.79 Å². The first-order valence-electron chi connectivity index (χ1n) is 6.88. The zero-order chi connectivity index (χ0) is 13.9. The first-order chi connectivity index (χ1) is 9.75. The van der Waals surface area contributed by atoms with Crippen LogP contribution in [-0.2, 0) is 13.6 Å². The van der Waals surface area contributed by atoms with Gasteiger partial charge in [0.2, 0.25) is 0 Å². The Hall–Kier alpha value is -2.08. The Morgan fingerprint density at radius 1 is 1.55 bits per heavy atom. The number of hydrogen-bond acceptors (Lipinski definition) is 3. The van der Waals surface area contributed by atoms with Gasteiger partial charge in [-0.25, -0.2) is 0 Å². The van der Waals surface area contributed by atoms with Crippen molar-refractivity contribution >= 4 is 5.91 Å². The monoisotopic (exact) mass is 273 g/mol. The van der Waals surface area contributed by atoms with Gasteiger partial charge in [0.15, 0.2) is 0 Å². The Balaban J connectivity index is 1.54. The SMILES string of the molecule is Cn1cccc1C(=O)NCCC1CNCc2ccnn21. The summed E-state index contributed by atoms with van der Waals surface area (Å²) in [5.41, 5.74) is 1.89. The molecule has 0 saturated heterocycles. The summed E-state index contributed by atoms with van der Waals surface area (Å²) >= 11 is 0. The molecule has 0 spiro atoms. The van der Waals surface area contributed by atoms with Crippen molar-refractivity contribution in [2.45, 2.75) is 19.0 Å². The first-order valence-corrected chi connectivity index (χ1v) is 6.88. The third-order valence-corrected chi connectivity index (χ3v) is 3.72. The molecule has 6 heteroatoms. The largest absolute Gasteiger partial charge is 0.351 e. The number of amides is 1. The third kappa shape index (κ3) is 2.46. The number of hydrogen-bond donors (Lipinski definition) is 2. The number of fused-ring (bicyclic) bond motifs is 1. The van der Waals surface area contributed by atoms with Crippen molar-refractivity contribution in [2.24, 2.45) is 7.05 Å². The molecule has 0 aromatic carbocycles. The number of nitrogens with one attached hydrogen (secondary N) is 2. The van der Waals surface area contributed by atoms with Crippen LogP contribution in [0.4, 0.5) is 0 Å². The second-order valence-electron chi connectivity index (χ2n) is 5.10. The van der Waals surface area contributed by atoms with Crippen molar-refractivity contribution in [3.05, 3.63) is 42.0 Å². The standard InChI is InChI=1S/C14H19N5O/c1-18-8-2-3-13(18)14(20)16-6-4-11-9-15-10-12-5-7-17-19(11)12/h2-3,5,7-8,11,15H,4,6,9-10H2,1H3,(H,16,20). The smallest absolute Gasteiger partial charge is 0.267 e. The van der Waals surface area contributed by atoms with Crippen molar-refractivity contribution < 1.29 is 4.79 Å². The molecule has 3 rings (SSSR count). The Kier molecular flexibility index (Phi) is 3.56. The van der Waals surface area contributed by atoms with Crippen LogP contribution in [0.5, 0.6) is 0 Å². The normalized spacial score (nSPS) is 17.8. The van der Waals surface area contributed by atoms with Crippen LogP contribution in [0.1, 0.15) is 28.6 Å². The lowest BCUT2D eigenvalue weighted by Gasteiger charge is -2.25. The fourth-order valence-corrected chi connectivity index (χ4v) is 2.63. The Labute approximate surface area is 117 Å². The maximum absolute atomic E-state index is 12.0. The van der Waals surface area contributed by atoms with Crippen LogP contribution >= 0.6 is 0 Å². The average molecular weight is 273 g/mol. The average Bonchev–Trinajstić information content (AvgIpc) is 3.07. The number of aryl methyl sites for hydroxylation is 1. The molecule has 2 N–H and O–H groups in total. The molecule has 1 aliphatic heterocycles. The Morgan fingerprint density at radius 2 is 2.45 bits per heavy atom. The van der Waals surface area contributed by atoms with E-state index in [-0.39, 0.29) is 5.91 Å². The molecule has 1 unspecified atom stereocenters. The summed E-state index contributed by atoms with van der Waals surface area (Å²) in [5.74, 6) is -0.0260. The van der Waals surface area contributed by atoms with E-state index in [1.54, 1.807) is 0 Å². The van der Waals surface area contributed by atoms with E-state index >= 15 is 0 Å². The van der Waals surface area contributed by atoms with Crippen molar-refractivity contribution in [1.82, 2.24) is 25.0 Å². The highest BCUT2D eigenvalue weighted by Crippen LogP contribution is 2.16. The van der Waals surface area contributed by atoms with Gasteiger partial charge in [0.25, 0.3) is 5.91 Å². The molecule has 3 heterocycles. The van der Waals surface area contributed by atoms with E-state index in [2.05, 4.69) is 20.4 Å². The van der Waals surface area contributed by atoms with E-state index in [1.165, 1.54) is 5.69 Å². The summed E-state index contributed by atoms with van der Waals surface area (Å²) < 4.78 is 3.88. The van der Waals surface area contributed by atoms with Crippen molar-refractivity contribution in [2.75, 3.05) is 13.1 Å². The van der Waals surface area contributed by atoms with Gasteiger partial charge < -0.3 is 15.2 Å². The molecule has 0 fully saturated rings. The van der Waals surface area contributed by atoms with Crippen molar-refractivity contribution in [1.29, 1.82) is 0 Å². The molecule has 0 saturated carbocycles. The maximum atomic E-state index is 12.0. The van der Waals surface area contributed by atoms with Crippen molar-refractivity contribution in [3.8, 4) is 0 Å². The number of carbonyl (C=O) groups is 1. The first kappa shape index (κ1) is 12.9. The van der Waals surface area contributed by atoms with E-state index in [4.69, 9.17) is 0 Å². The van der Waals surface area contributed by atoms with Crippen LogP contribution in [0.3, 0.4) is 0 Å². The number of nitrogens with zero attached hydrogens (tertiary/aromatic N) is 3. The lowest BCUT2D eigenvalue weighted by Crippen LogP contribution is -2.36. The molecule has 1 amide bonds. The summed E-state index contributed by atoms with van der Waals surface area (Å²) in [7, 11) is 1.87. The minimum atomic E-state index is -0.0260. The Bertz CT molecular complexity index is 600. The number of aromatic nitrogens is 3. The van der Waals surface area contributed by atoms with E-state index in [0.29, 0.717) is 18.3 Å². The second-order valence-corrected chi connectivity index (χ2v) is 5.10. The minimum absolute atomic E-state index is 0.0260. The summed E-state index contributed by atoms with van der Waals surface area (Å²) in [6.07, 6.45) is 4.58. The summed E-state index contributed by atoms with van der Waals surface area (Å²) in [4.78, 5) is 12.0. The van der Waals surface area contributed by atoms with Gasteiger partial charge in [-0.1, -0.05) is 0 Å². The number of carbonyl (C=O) groups excluding carboxylic acids is 1. The predicted octanol–water partition coefficient (Wildman–Crippen LogP) is 0.686. The summed E-state index contributed by atoms with van der Waals surface area (Å²) in [6.45, 7) is 2.41. The Morgan fingerprint density at radius 3 is 3.25 bits per heavy atom. The molecule has 1 aliphatic rings. The summed E-state index contributed by atoms with van der Waals surface area (Å²) in [6, 6.07) is 6.03. The van der Waals surface area contributed by atoms with E-state index < -0.39 is 0 Å². The fourth-order valence-electron chi connectivity index (χ4n) is 2.63. The molecule has 0 radical (unpaired) electrons. The maximum Gasteiger partial charge on any atom is 0.267 e. The predicted molar refractivity (Wildman–Crippen MR) is 75.3 cm³/mol. The van der Waals surface area contributed by atoms with Gasteiger partial charge in [0.1, 0.15) is 5.69 Å². The molecule has 1 atom stereocenters. The van der Waals surface area contributed by atoms with Crippen LogP contribution < -0.4 is 10.6 Å². The zero-order valence-electron chi connectivity index (χ0n) is 11.5. The van der Waals surface area contributed by atoms with Gasteiger partial charge in [0, 0.05) is 39.1 Å². The van der Waals surface area contributed by atoms with Crippen molar-refractivity contribution in [3.63, 3.8) is 0 Å². The molecule has 0 aliphatic carbocycles. The summed E-state index contributed by atoms with van der Waals surface area (Å²) in [5, 5.41) is 10.7. The molecular weight excluding hydrogens is 254 g/mol. The quantitative estimate of drug-likeness (QED) is 0.861. The zero-order valence-corrected chi connectivity index (χ0v) is 11.5. The molecule has 2 aromatic heterocycles. The number of rotatable bonds is 4. The molecule has 20 heavy (non-hydrogen) atoms. The second kappa shape index (κ2) is 5.50. The van der Waals surface area contributed by atoms with Gasteiger partial charge >= 0.3 is 0 Å². The molecule has 6 nitrogen and oxygen atoms in total. The highest BCUT2D eigenvalue weighted by Gasteiger charge is 2.19. The molecule has 2 aromatic rings. The van der Waals surface area contributed by atoms with E-state index in [0.717, 1.165) is 19.5 Å². The third-order valence-electron chi connectivity index (χ3n) is 3.72. The van der Waals surface area contributed by atoms with Crippen LogP contribution in [0.2, 0.25) is 0 Å². The fraction of sp³-hybridized carbons (Fsp3) is 0.429. The molecule has 106 valence electrons. The van der Waals surface area contributed by atoms with Gasteiger partial charge in [-0.3, -0.25) is 9.48 Å². The highest BCUT2D eigenvalue weighted by molar-refractivity contribution is 5.92. The van der Waals surface area contributed by atoms with Crippen LogP contribution in [-0.4, -0.2) is 33.3 Å². The van der Waals surface area contributed by atoms with Gasteiger partial charge in [0.05, 0.1) is 11.7 Å². The van der Waals surface area contributed by atoms with Gasteiger partial charge in [-0.2, -0.15) is 5.10 Å². The highest BCUT2D eigenvalue weighted by atomic mass is 16.1. The minimum Gasteiger partial charge on any atom is -0.351 e. The van der Waals surface area contributed by atoms with Gasteiger partial charge in [-0.15, -0.1) is 0 Å². The lowest BCUT2D eigenvalue weighted by molar-refractivity contribution is 0.0943. The van der Waals surface area contributed by atoms with E-state index in [1.807, 2.05) is 42.2 Å². The van der Waals surface area contributed by atoms with Crippen LogP contribution in [0.15, 0.2) is 30.6 Å². The topological polar surface area (TPSA) is 63.9 Å². The lowest BCUT2D eigenvalue weighted by atomic mass is 10.1. The molecule has 0 bridgehead atoms.